The molecule has 0 saturated carbocycles. The number of nitrogens with zero attached hydrogens (tertiary/aromatic N) is 1. The van der Waals surface area contributed by atoms with E-state index in [1.807, 2.05) is 32.0 Å². The molecule has 0 aliphatic carbocycles. The third-order valence-corrected chi connectivity index (χ3v) is 4.33. The number of anilines is 1. The van der Waals surface area contributed by atoms with E-state index in [0.29, 0.717) is 16.6 Å². The number of nitrogens with one attached hydrogen (secondary N) is 1. The molecule has 132 valence electrons. The van der Waals surface area contributed by atoms with Gasteiger partial charge in [0.05, 0.1) is 5.52 Å². The van der Waals surface area contributed by atoms with Crippen LogP contribution < -0.4 is 10.9 Å². The quantitative estimate of drug-likeness (QED) is 0.705. The Bertz CT molecular complexity index is 1080. The van der Waals surface area contributed by atoms with Gasteiger partial charge < -0.3 is 15.0 Å². The summed E-state index contributed by atoms with van der Waals surface area (Å²) in [6.45, 7) is 7.69. The topological polar surface area (TPSA) is 71.3 Å². The Morgan fingerprint density at radius 3 is 2.69 bits per heavy atom. The molecule has 0 saturated heterocycles. The second-order valence-electron chi connectivity index (χ2n) is 6.22. The molecule has 0 atom stereocenters. The first-order valence-corrected chi connectivity index (χ1v) is 8.28. The van der Waals surface area contributed by atoms with E-state index in [2.05, 4.69) is 11.9 Å². The molecule has 0 radical (unpaired) electrons. The molecule has 0 aliphatic heterocycles. The summed E-state index contributed by atoms with van der Waals surface area (Å²) in [7, 11) is 0. The van der Waals surface area contributed by atoms with Crippen LogP contribution in [0, 0.1) is 13.8 Å². The number of aromatic nitrogens is 1. The molecule has 26 heavy (non-hydrogen) atoms. The van der Waals surface area contributed by atoms with Gasteiger partial charge in [-0.05, 0) is 43.2 Å². The van der Waals surface area contributed by atoms with E-state index in [1.54, 1.807) is 30.3 Å². The Morgan fingerprint density at radius 1 is 1.23 bits per heavy atom. The first kappa shape index (κ1) is 17.5. The molecule has 0 unspecified atom stereocenters. The number of aromatic hydroxyl groups is 1. The molecular formula is C21H20N2O3. The van der Waals surface area contributed by atoms with E-state index in [-0.39, 0.29) is 17.9 Å². The van der Waals surface area contributed by atoms with Crippen molar-refractivity contribution < 1.29 is 9.90 Å². The van der Waals surface area contributed by atoms with Crippen LogP contribution in [-0.4, -0.2) is 15.6 Å². The molecule has 3 rings (SSSR count). The summed E-state index contributed by atoms with van der Waals surface area (Å²) in [4.78, 5) is 25.7. The van der Waals surface area contributed by atoms with Gasteiger partial charge in [-0.2, -0.15) is 0 Å². The fourth-order valence-electron chi connectivity index (χ4n) is 2.96. The van der Waals surface area contributed by atoms with E-state index < -0.39 is 11.5 Å². The lowest BCUT2D eigenvalue weighted by molar-refractivity contribution is 0.102. The minimum atomic E-state index is -0.634. The highest BCUT2D eigenvalue weighted by molar-refractivity contribution is 6.09. The maximum absolute atomic E-state index is 12.9. The van der Waals surface area contributed by atoms with Crippen molar-refractivity contribution in [2.24, 2.45) is 0 Å². The van der Waals surface area contributed by atoms with Crippen molar-refractivity contribution in [3.05, 3.63) is 82.2 Å². The third kappa shape index (κ3) is 2.99. The molecule has 0 spiro atoms. The molecule has 1 amide bonds. The summed E-state index contributed by atoms with van der Waals surface area (Å²) in [6, 6.07) is 12.6. The monoisotopic (exact) mass is 348 g/mol. The highest BCUT2D eigenvalue weighted by Crippen LogP contribution is 2.27. The highest BCUT2D eigenvalue weighted by Gasteiger charge is 2.22. The van der Waals surface area contributed by atoms with Crippen LogP contribution >= 0.6 is 0 Å². The van der Waals surface area contributed by atoms with Crippen LogP contribution in [0.3, 0.4) is 0 Å². The van der Waals surface area contributed by atoms with Gasteiger partial charge in [0, 0.05) is 17.6 Å². The number of carbonyl (C=O) groups is 1. The van der Waals surface area contributed by atoms with Crippen molar-refractivity contribution in [3.8, 4) is 5.75 Å². The fraction of sp³-hybridized carbons (Fsp3) is 0.143. The number of rotatable bonds is 4. The standard InChI is InChI=1S/C21H20N2O3/c1-4-11-23-17-8-6-5-7-15(17)19(24)18(21(23)26)20(25)22-16-12-13(2)9-10-14(16)3/h4-10,12,24H,1,11H2,2-3H3,(H,22,25). The minimum absolute atomic E-state index is 0.239. The molecule has 1 heterocycles. The third-order valence-electron chi connectivity index (χ3n) is 4.33. The first-order chi connectivity index (χ1) is 12.4. The molecule has 2 aromatic carbocycles. The number of carbonyl (C=O) groups excluding carboxylic acids is 1. The Labute approximate surface area is 151 Å². The van der Waals surface area contributed by atoms with Crippen LogP contribution in [0.2, 0.25) is 0 Å². The summed E-state index contributed by atoms with van der Waals surface area (Å²) in [6.07, 6.45) is 1.58. The van der Waals surface area contributed by atoms with Crippen LogP contribution in [-0.2, 0) is 6.54 Å². The zero-order valence-electron chi connectivity index (χ0n) is 14.7. The molecule has 0 aliphatic rings. The molecule has 0 fully saturated rings. The number of hydrogen-bond donors (Lipinski definition) is 2. The number of benzene rings is 2. The van der Waals surface area contributed by atoms with Crippen molar-refractivity contribution in [2.75, 3.05) is 5.32 Å². The van der Waals surface area contributed by atoms with Crippen LogP contribution in [0.4, 0.5) is 5.69 Å². The van der Waals surface area contributed by atoms with Crippen molar-refractivity contribution in [3.63, 3.8) is 0 Å². The summed E-state index contributed by atoms with van der Waals surface area (Å²) in [5.74, 6) is -0.946. The Morgan fingerprint density at radius 2 is 1.96 bits per heavy atom. The van der Waals surface area contributed by atoms with Crippen LogP contribution in [0.15, 0.2) is 59.9 Å². The molecule has 1 aromatic heterocycles. The SMILES string of the molecule is C=CCn1c(=O)c(C(=O)Nc2cc(C)ccc2C)c(O)c2ccccc21. The second-order valence-corrected chi connectivity index (χ2v) is 6.22. The van der Waals surface area contributed by atoms with E-state index in [4.69, 9.17) is 0 Å². The van der Waals surface area contributed by atoms with Gasteiger partial charge >= 0.3 is 0 Å². The predicted molar refractivity (Wildman–Crippen MR) is 104 cm³/mol. The van der Waals surface area contributed by atoms with Crippen LogP contribution in [0.1, 0.15) is 21.5 Å². The summed E-state index contributed by atoms with van der Waals surface area (Å²) in [5.41, 5.74) is 2.19. The average Bonchev–Trinajstić information content (AvgIpc) is 2.62. The zero-order chi connectivity index (χ0) is 18.8. The molecular weight excluding hydrogens is 328 g/mol. The number of pyridine rings is 1. The normalized spacial score (nSPS) is 10.7. The van der Waals surface area contributed by atoms with Crippen molar-refractivity contribution >= 4 is 22.5 Å². The van der Waals surface area contributed by atoms with Gasteiger partial charge in [-0.3, -0.25) is 9.59 Å². The smallest absolute Gasteiger partial charge is 0.268 e. The number of fused-ring (bicyclic) bond motifs is 1. The van der Waals surface area contributed by atoms with Gasteiger partial charge in [0.1, 0.15) is 11.3 Å². The molecule has 0 bridgehead atoms. The van der Waals surface area contributed by atoms with E-state index in [9.17, 15) is 14.7 Å². The average molecular weight is 348 g/mol. The van der Waals surface area contributed by atoms with Gasteiger partial charge in [0.2, 0.25) is 0 Å². The van der Waals surface area contributed by atoms with Gasteiger partial charge in [-0.25, -0.2) is 0 Å². The first-order valence-electron chi connectivity index (χ1n) is 8.28. The highest BCUT2D eigenvalue weighted by atomic mass is 16.3. The summed E-state index contributed by atoms with van der Waals surface area (Å²) < 4.78 is 1.43. The number of amides is 1. The Balaban J connectivity index is 2.18. The van der Waals surface area contributed by atoms with E-state index in [0.717, 1.165) is 11.1 Å². The van der Waals surface area contributed by atoms with Crippen LogP contribution in [0.5, 0.6) is 5.75 Å². The summed E-state index contributed by atoms with van der Waals surface area (Å²) >= 11 is 0. The lowest BCUT2D eigenvalue weighted by Gasteiger charge is -2.14. The molecule has 5 heteroatoms. The Kier molecular flexibility index (Phi) is 4.63. The molecule has 2 N–H and O–H groups in total. The second kappa shape index (κ2) is 6.88. The number of aryl methyl sites for hydroxylation is 2. The number of para-hydroxylation sites is 1. The molecule has 5 nitrogen and oxygen atoms in total. The van der Waals surface area contributed by atoms with Crippen molar-refractivity contribution in [1.82, 2.24) is 4.57 Å². The van der Waals surface area contributed by atoms with E-state index >= 15 is 0 Å². The van der Waals surface area contributed by atoms with Gasteiger partial charge in [0.15, 0.2) is 0 Å². The zero-order valence-corrected chi connectivity index (χ0v) is 14.7. The number of allylic oxidation sites excluding steroid dienone is 1. The van der Waals surface area contributed by atoms with Gasteiger partial charge in [-0.15, -0.1) is 6.58 Å². The lowest BCUT2D eigenvalue weighted by Crippen LogP contribution is -2.29. The molecule has 3 aromatic rings. The van der Waals surface area contributed by atoms with Gasteiger partial charge in [0.25, 0.3) is 11.5 Å². The van der Waals surface area contributed by atoms with E-state index in [1.165, 1.54) is 4.57 Å². The minimum Gasteiger partial charge on any atom is -0.506 e. The largest absolute Gasteiger partial charge is 0.506 e. The maximum Gasteiger partial charge on any atom is 0.268 e. The Hall–Kier alpha value is -3.34. The van der Waals surface area contributed by atoms with Crippen molar-refractivity contribution in [2.45, 2.75) is 20.4 Å². The summed E-state index contributed by atoms with van der Waals surface area (Å²) in [5, 5.41) is 13.8. The number of hydrogen-bond acceptors (Lipinski definition) is 3. The lowest BCUT2D eigenvalue weighted by atomic mass is 10.1. The van der Waals surface area contributed by atoms with Crippen LogP contribution in [0.25, 0.3) is 10.9 Å². The fourth-order valence-corrected chi connectivity index (χ4v) is 2.96. The maximum atomic E-state index is 12.9. The van der Waals surface area contributed by atoms with Crippen molar-refractivity contribution in [1.29, 1.82) is 0 Å². The predicted octanol–water partition coefficient (Wildman–Crippen LogP) is 3.76. The van der Waals surface area contributed by atoms with Gasteiger partial charge in [-0.1, -0.05) is 30.3 Å².